The summed E-state index contributed by atoms with van der Waals surface area (Å²) in [5, 5.41) is 10.4. The fourth-order valence-corrected chi connectivity index (χ4v) is 8.16. The zero-order chi connectivity index (χ0) is 28.3. The molecule has 0 aliphatic rings. The molecular formula is C42H26S. The predicted molar refractivity (Wildman–Crippen MR) is 188 cm³/mol. The molecule has 8 aromatic carbocycles. The standard InChI is InChI=1S/C42H26S/c1-2-12-27(13-3-1)29-24-25-39-38(26-29)36-22-11-23-37(42(36)43-39)41-34-19-8-6-17-32(34)40(33-18-7-9-20-35(33)41)31-21-10-15-28-14-4-5-16-30(28)31/h1-26H. The van der Waals surface area contributed by atoms with E-state index in [-0.39, 0.29) is 0 Å². The summed E-state index contributed by atoms with van der Waals surface area (Å²) in [6.45, 7) is 0. The minimum absolute atomic E-state index is 1.25. The van der Waals surface area contributed by atoms with Crippen LogP contribution in [-0.4, -0.2) is 0 Å². The van der Waals surface area contributed by atoms with Crippen LogP contribution in [0.25, 0.3) is 85.9 Å². The Labute approximate surface area is 254 Å². The first-order valence-corrected chi connectivity index (χ1v) is 15.6. The van der Waals surface area contributed by atoms with Gasteiger partial charge in [0.25, 0.3) is 0 Å². The second-order valence-electron chi connectivity index (χ2n) is 11.2. The van der Waals surface area contributed by atoms with E-state index in [0.29, 0.717) is 0 Å². The zero-order valence-corrected chi connectivity index (χ0v) is 24.2. The van der Waals surface area contributed by atoms with Crippen LogP contribution in [-0.2, 0) is 0 Å². The summed E-state index contributed by atoms with van der Waals surface area (Å²) in [6, 6.07) is 57.9. The lowest BCUT2D eigenvalue weighted by atomic mass is 9.84. The molecule has 0 radical (unpaired) electrons. The SMILES string of the molecule is c1ccc(-c2ccc3sc4c(-c5c6ccccc6c(-c6cccc7ccccc67)c6ccccc56)cccc4c3c2)cc1. The lowest BCUT2D eigenvalue weighted by Gasteiger charge is -2.19. The summed E-state index contributed by atoms with van der Waals surface area (Å²) in [4.78, 5) is 0. The minimum atomic E-state index is 1.25. The molecule has 1 aromatic heterocycles. The van der Waals surface area contributed by atoms with E-state index in [9.17, 15) is 0 Å². The second-order valence-corrected chi connectivity index (χ2v) is 12.3. The lowest BCUT2D eigenvalue weighted by molar-refractivity contribution is 1.66. The van der Waals surface area contributed by atoms with E-state index in [0.717, 1.165) is 0 Å². The van der Waals surface area contributed by atoms with Gasteiger partial charge < -0.3 is 0 Å². The maximum absolute atomic E-state index is 2.37. The van der Waals surface area contributed by atoms with Crippen LogP contribution in [0.15, 0.2) is 158 Å². The number of thiophene rings is 1. The fraction of sp³-hybridized carbons (Fsp3) is 0. The Morgan fingerprint density at radius 2 is 0.860 bits per heavy atom. The van der Waals surface area contributed by atoms with Crippen molar-refractivity contribution >= 4 is 63.8 Å². The van der Waals surface area contributed by atoms with Gasteiger partial charge in [0, 0.05) is 25.7 Å². The zero-order valence-electron chi connectivity index (χ0n) is 23.4. The third-order valence-corrected chi connectivity index (χ3v) is 10.1. The highest BCUT2D eigenvalue weighted by Gasteiger charge is 2.20. The van der Waals surface area contributed by atoms with Crippen molar-refractivity contribution in [1.82, 2.24) is 0 Å². The Morgan fingerprint density at radius 3 is 1.58 bits per heavy atom. The predicted octanol–water partition coefficient (Wildman–Crippen LogP) is 12.5. The molecule has 0 aliphatic heterocycles. The van der Waals surface area contributed by atoms with Crippen molar-refractivity contribution in [3.05, 3.63) is 158 Å². The van der Waals surface area contributed by atoms with Crippen LogP contribution >= 0.6 is 11.3 Å². The van der Waals surface area contributed by atoms with Gasteiger partial charge in [0.05, 0.1) is 0 Å². The summed E-state index contributed by atoms with van der Waals surface area (Å²) >= 11 is 1.91. The Bertz CT molecular complexity index is 2440. The third-order valence-electron chi connectivity index (χ3n) is 8.86. The number of hydrogen-bond donors (Lipinski definition) is 0. The average Bonchev–Trinajstić information content (AvgIpc) is 3.46. The van der Waals surface area contributed by atoms with Crippen molar-refractivity contribution in [2.75, 3.05) is 0 Å². The van der Waals surface area contributed by atoms with Crippen molar-refractivity contribution in [3.63, 3.8) is 0 Å². The van der Waals surface area contributed by atoms with Gasteiger partial charge >= 0.3 is 0 Å². The molecule has 0 aliphatic carbocycles. The van der Waals surface area contributed by atoms with Gasteiger partial charge in [-0.2, -0.15) is 0 Å². The maximum atomic E-state index is 2.37. The van der Waals surface area contributed by atoms with Crippen LogP contribution in [0.3, 0.4) is 0 Å². The molecule has 0 saturated carbocycles. The number of fused-ring (bicyclic) bond motifs is 6. The van der Waals surface area contributed by atoms with Crippen LogP contribution in [0.2, 0.25) is 0 Å². The van der Waals surface area contributed by atoms with E-state index in [1.807, 2.05) is 11.3 Å². The fourth-order valence-electron chi connectivity index (χ4n) is 6.96. The molecule has 0 bridgehead atoms. The maximum Gasteiger partial charge on any atom is 0.0434 e. The van der Waals surface area contributed by atoms with Gasteiger partial charge in [-0.25, -0.2) is 0 Å². The molecule has 43 heavy (non-hydrogen) atoms. The molecule has 1 heteroatoms. The quantitative estimate of drug-likeness (QED) is 0.188. The molecule has 0 fully saturated rings. The smallest absolute Gasteiger partial charge is 0.0434 e. The van der Waals surface area contributed by atoms with Gasteiger partial charge in [-0.3, -0.25) is 0 Å². The van der Waals surface area contributed by atoms with Crippen LogP contribution in [0, 0.1) is 0 Å². The molecule has 0 N–H and O–H groups in total. The second kappa shape index (κ2) is 9.66. The summed E-state index contributed by atoms with van der Waals surface area (Å²) in [5.41, 5.74) is 7.72. The average molecular weight is 563 g/mol. The van der Waals surface area contributed by atoms with Crippen LogP contribution in [0.4, 0.5) is 0 Å². The van der Waals surface area contributed by atoms with Gasteiger partial charge in [-0.1, -0.05) is 146 Å². The first-order chi connectivity index (χ1) is 21.3. The first-order valence-electron chi connectivity index (χ1n) is 14.8. The molecule has 0 unspecified atom stereocenters. The van der Waals surface area contributed by atoms with Crippen molar-refractivity contribution in [1.29, 1.82) is 0 Å². The van der Waals surface area contributed by atoms with E-state index in [4.69, 9.17) is 0 Å². The summed E-state index contributed by atoms with van der Waals surface area (Å²) in [7, 11) is 0. The molecule has 0 atom stereocenters. The van der Waals surface area contributed by atoms with Gasteiger partial charge in [-0.05, 0) is 72.3 Å². The van der Waals surface area contributed by atoms with Crippen LogP contribution in [0.1, 0.15) is 0 Å². The summed E-state index contributed by atoms with van der Waals surface area (Å²) < 4.78 is 2.67. The normalized spacial score (nSPS) is 11.7. The Morgan fingerprint density at radius 1 is 0.326 bits per heavy atom. The highest BCUT2D eigenvalue weighted by Crippen LogP contribution is 2.48. The largest absolute Gasteiger partial charge is 0.135 e. The molecule has 1 heterocycles. The van der Waals surface area contributed by atoms with E-state index >= 15 is 0 Å². The van der Waals surface area contributed by atoms with Crippen LogP contribution < -0.4 is 0 Å². The summed E-state index contributed by atoms with van der Waals surface area (Å²) in [6.07, 6.45) is 0. The Hall–Kier alpha value is -5.24. The van der Waals surface area contributed by atoms with Gasteiger partial charge in [-0.15, -0.1) is 11.3 Å². The van der Waals surface area contributed by atoms with E-state index in [2.05, 4.69) is 158 Å². The molecule has 9 aromatic rings. The highest BCUT2D eigenvalue weighted by atomic mass is 32.1. The number of benzene rings is 8. The molecular weight excluding hydrogens is 537 g/mol. The topological polar surface area (TPSA) is 0 Å². The lowest BCUT2D eigenvalue weighted by Crippen LogP contribution is -1.91. The monoisotopic (exact) mass is 562 g/mol. The first kappa shape index (κ1) is 24.4. The summed E-state index contributed by atoms with van der Waals surface area (Å²) in [5.74, 6) is 0. The Balaban J connectivity index is 1.38. The van der Waals surface area contributed by atoms with E-state index in [1.54, 1.807) is 0 Å². The molecule has 0 saturated heterocycles. The van der Waals surface area contributed by atoms with Crippen molar-refractivity contribution in [3.8, 4) is 33.4 Å². The number of hydrogen-bond acceptors (Lipinski definition) is 1. The minimum Gasteiger partial charge on any atom is -0.135 e. The van der Waals surface area contributed by atoms with Crippen molar-refractivity contribution in [2.45, 2.75) is 0 Å². The van der Waals surface area contributed by atoms with E-state index < -0.39 is 0 Å². The Kier molecular flexibility index (Phi) is 5.47. The highest BCUT2D eigenvalue weighted by molar-refractivity contribution is 7.26. The van der Waals surface area contributed by atoms with Gasteiger partial charge in [0.15, 0.2) is 0 Å². The van der Waals surface area contributed by atoms with Gasteiger partial charge in [0.1, 0.15) is 0 Å². The molecule has 0 nitrogen and oxygen atoms in total. The van der Waals surface area contributed by atoms with Crippen molar-refractivity contribution < 1.29 is 0 Å². The third kappa shape index (κ3) is 3.75. The van der Waals surface area contributed by atoms with Crippen molar-refractivity contribution in [2.24, 2.45) is 0 Å². The van der Waals surface area contributed by atoms with E-state index in [1.165, 1.54) is 85.9 Å². The molecule has 9 rings (SSSR count). The molecule has 0 amide bonds. The van der Waals surface area contributed by atoms with Crippen LogP contribution in [0.5, 0.6) is 0 Å². The van der Waals surface area contributed by atoms with Gasteiger partial charge in [0.2, 0.25) is 0 Å². The number of rotatable bonds is 3. The molecule has 0 spiro atoms. The molecule has 200 valence electrons.